The van der Waals surface area contributed by atoms with Crippen molar-refractivity contribution in [3.05, 3.63) is 65.2 Å². The Morgan fingerprint density at radius 1 is 1.00 bits per heavy atom. The first-order chi connectivity index (χ1) is 14.0. The highest BCUT2D eigenvalue weighted by Gasteiger charge is 2.07. The molecule has 2 N–H and O–H groups in total. The average Bonchev–Trinajstić information content (AvgIpc) is 2.74. The number of nitrogens with zero attached hydrogens (tertiary/aromatic N) is 2. The lowest BCUT2D eigenvalue weighted by Crippen LogP contribution is -2.36. The molecule has 0 saturated carbocycles. The van der Waals surface area contributed by atoms with E-state index in [2.05, 4.69) is 15.6 Å². The lowest BCUT2D eigenvalue weighted by molar-refractivity contribution is 0.0827. The standard InChI is InChI=1S/C22H30N4O3/c1-23-22(24-15-17-8-10-19(11-9-17)21(27)26(2)3)25-16-18-6-5-7-20(14-18)29-13-12-28-4/h5-11,14H,12-13,15-16H2,1-4H3,(H2,23,24,25). The number of carbonyl (C=O) groups excluding carboxylic acids is 1. The highest BCUT2D eigenvalue weighted by Crippen LogP contribution is 2.13. The molecule has 0 saturated heterocycles. The molecule has 0 heterocycles. The normalized spacial score (nSPS) is 11.1. The number of amides is 1. The Bertz CT molecular complexity index is 804. The van der Waals surface area contributed by atoms with Crippen molar-refractivity contribution in [1.29, 1.82) is 0 Å². The van der Waals surface area contributed by atoms with E-state index < -0.39 is 0 Å². The maximum atomic E-state index is 12.0. The van der Waals surface area contributed by atoms with E-state index in [1.807, 2.05) is 48.5 Å². The molecular weight excluding hydrogens is 368 g/mol. The highest BCUT2D eigenvalue weighted by molar-refractivity contribution is 5.93. The van der Waals surface area contributed by atoms with Gasteiger partial charge in [0.15, 0.2) is 5.96 Å². The smallest absolute Gasteiger partial charge is 0.253 e. The summed E-state index contributed by atoms with van der Waals surface area (Å²) in [6.45, 7) is 2.31. The second kappa shape index (κ2) is 11.7. The van der Waals surface area contributed by atoms with Crippen LogP contribution >= 0.6 is 0 Å². The van der Waals surface area contributed by atoms with Crippen LogP contribution in [0.4, 0.5) is 0 Å². The van der Waals surface area contributed by atoms with E-state index in [9.17, 15) is 4.79 Å². The number of hydrogen-bond donors (Lipinski definition) is 2. The first-order valence-electron chi connectivity index (χ1n) is 9.49. The summed E-state index contributed by atoms with van der Waals surface area (Å²) in [7, 11) is 6.88. The number of hydrogen-bond acceptors (Lipinski definition) is 4. The molecule has 0 aromatic heterocycles. The molecule has 0 aliphatic carbocycles. The van der Waals surface area contributed by atoms with E-state index in [0.717, 1.165) is 16.9 Å². The minimum atomic E-state index is -0.00424. The fraction of sp³-hybridized carbons (Fsp3) is 0.364. The topological polar surface area (TPSA) is 75.2 Å². The summed E-state index contributed by atoms with van der Waals surface area (Å²) in [6, 6.07) is 15.5. The van der Waals surface area contributed by atoms with E-state index in [4.69, 9.17) is 9.47 Å². The summed E-state index contributed by atoms with van der Waals surface area (Å²) >= 11 is 0. The Hall–Kier alpha value is -3.06. The maximum absolute atomic E-state index is 12.0. The zero-order valence-corrected chi connectivity index (χ0v) is 17.6. The lowest BCUT2D eigenvalue weighted by Gasteiger charge is -2.14. The van der Waals surface area contributed by atoms with Gasteiger partial charge in [-0.3, -0.25) is 9.79 Å². The first kappa shape index (κ1) is 22.2. The van der Waals surface area contributed by atoms with Gasteiger partial charge in [-0.2, -0.15) is 0 Å². The molecule has 7 nitrogen and oxygen atoms in total. The van der Waals surface area contributed by atoms with Gasteiger partial charge in [0, 0.05) is 46.9 Å². The van der Waals surface area contributed by atoms with Crippen molar-refractivity contribution in [2.75, 3.05) is 41.5 Å². The number of aliphatic imine (C=N–C) groups is 1. The Morgan fingerprint density at radius 3 is 2.31 bits per heavy atom. The van der Waals surface area contributed by atoms with Crippen molar-refractivity contribution < 1.29 is 14.3 Å². The van der Waals surface area contributed by atoms with Crippen LogP contribution in [0.3, 0.4) is 0 Å². The highest BCUT2D eigenvalue weighted by atomic mass is 16.5. The molecule has 2 rings (SSSR count). The third kappa shape index (κ3) is 7.46. The van der Waals surface area contributed by atoms with Crippen molar-refractivity contribution in [2.24, 2.45) is 4.99 Å². The molecule has 0 fully saturated rings. The van der Waals surface area contributed by atoms with Crippen LogP contribution in [0, 0.1) is 0 Å². The maximum Gasteiger partial charge on any atom is 0.253 e. The van der Waals surface area contributed by atoms with Gasteiger partial charge in [-0.15, -0.1) is 0 Å². The Labute approximate surface area is 172 Å². The van der Waals surface area contributed by atoms with Gasteiger partial charge in [0.05, 0.1) is 6.61 Å². The Balaban J connectivity index is 1.84. The van der Waals surface area contributed by atoms with Gasteiger partial charge in [-0.25, -0.2) is 0 Å². The van der Waals surface area contributed by atoms with E-state index in [1.165, 1.54) is 0 Å². The summed E-state index contributed by atoms with van der Waals surface area (Å²) in [5, 5.41) is 6.57. The van der Waals surface area contributed by atoms with Crippen LogP contribution in [0.15, 0.2) is 53.5 Å². The number of nitrogens with one attached hydrogen (secondary N) is 2. The predicted octanol–water partition coefficient (Wildman–Crippen LogP) is 2.28. The second-order valence-electron chi connectivity index (χ2n) is 6.66. The van der Waals surface area contributed by atoms with Crippen molar-refractivity contribution in [1.82, 2.24) is 15.5 Å². The molecule has 0 aliphatic heterocycles. The zero-order valence-electron chi connectivity index (χ0n) is 17.6. The van der Waals surface area contributed by atoms with Crippen LogP contribution in [0.25, 0.3) is 0 Å². The molecule has 29 heavy (non-hydrogen) atoms. The zero-order chi connectivity index (χ0) is 21.1. The van der Waals surface area contributed by atoms with Crippen LogP contribution < -0.4 is 15.4 Å². The second-order valence-corrected chi connectivity index (χ2v) is 6.66. The third-order valence-corrected chi connectivity index (χ3v) is 4.21. The molecule has 0 aliphatic rings. The first-order valence-corrected chi connectivity index (χ1v) is 9.49. The summed E-state index contributed by atoms with van der Waals surface area (Å²) < 4.78 is 10.6. The monoisotopic (exact) mass is 398 g/mol. The van der Waals surface area contributed by atoms with Gasteiger partial charge in [0.1, 0.15) is 12.4 Å². The number of guanidine groups is 1. The van der Waals surface area contributed by atoms with Crippen LogP contribution in [0.2, 0.25) is 0 Å². The van der Waals surface area contributed by atoms with Gasteiger partial charge in [-0.05, 0) is 35.4 Å². The molecule has 0 radical (unpaired) electrons. The summed E-state index contributed by atoms with van der Waals surface area (Å²) in [5.74, 6) is 1.51. The molecule has 2 aromatic carbocycles. The number of rotatable bonds is 9. The number of methoxy groups -OCH3 is 1. The van der Waals surface area contributed by atoms with Crippen molar-refractivity contribution in [2.45, 2.75) is 13.1 Å². The largest absolute Gasteiger partial charge is 0.491 e. The summed E-state index contributed by atoms with van der Waals surface area (Å²) in [6.07, 6.45) is 0. The molecule has 0 spiro atoms. The average molecular weight is 399 g/mol. The molecule has 0 bridgehead atoms. The van der Waals surface area contributed by atoms with E-state index in [0.29, 0.717) is 37.8 Å². The minimum absolute atomic E-state index is 0.00424. The van der Waals surface area contributed by atoms with Gasteiger partial charge >= 0.3 is 0 Å². The van der Waals surface area contributed by atoms with E-state index >= 15 is 0 Å². The molecule has 0 unspecified atom stereocenters. The van der Waals surface area contributed by atoms with Gasteiger partial charge in [0.25, 0.3) is 5.91 Å². The van der Waals surface area contributed by atoms with Crippen molar-refractivity contribution >= 4 is 11.9 Å². The van der Waals surface area contributed by atoms with Crippen LogP contribution in [-0.2, 0) is 17.8 Å². The number of benzene rings is 2. The Kier molecular flexibility index (Phi) is 8.98. The molecular formula is C22H30N4O3. The fourth-order valence-electron chi connectivity index (χ4n) is 2.60. The molecule has 0 atom stereocenters. The quantitative estimate of drug-likeness (QED) is 0.385. The number of carbonyl (C=O) groups is 1. The van der Waals surface area contributed by atoms with Crippen molar-refractivity contribution in [3.63, 3.8) is 0 Å². The van der Waals surface area contributed by atoms with Crippen molar-refractivity contribution in [3.8, 4) is 5.75 Å². The summed E-state index contributed by atoms with van der Waals surface area (Å²) in [4.78, 5) is 17.8. The van der Waals surface area contributed by atoms with E-state index in [1.54, 1.807) is 33.2 Å². The lowest BCUT2D eigenvalue weighted by atomic mass is 10.1. The SMILES string of the molecule is CN=C(NCc1ccc(C(=O)N(C)C)cc1)NCc1cccc(OCCOC)c1. The Morgan fingerprint density at radius 2 is 1.69 bits per heavy atom. The van der Waals surface area contributed by atoms with Gasteiger partial charge in [0.2, 0.25) is 0 Å². The molecule has 7 heteroatoms. The number of ether oxygens (including phenoxy) is 2. The van der Waals surface area contributed by atoms with Crippen LogP contribution in [0.5, 0.6) is 5.75 Å². The van der Waals surface area contributed by atoms with Crippen LogP contribution in [-0.4, -0.2) is 58.2 Å². The third-order valence-electron chi connectivity index (χ3n) is 4.21. The minimum Gasteiger partial charge on any atom is -0.491 e. The predicted molar refractivity (Wildman–Crippen MR) is 115 cm³/mol. The summed E-state index contributed by atoms with van der Waals surface area (Å²) in [5.41, 5.74) is 2.83. The fourth-order valence-corrected chi connectivity index (χ4v) is 2.60. The molecule has 1 amide bonds. The van der Waals surface area contributed by atoms with Gasteiger partial charge in [-0.1, -0.05) is 24.3 Å². The molecule has 2 aromatic rings. The van der Waals surface area contributed by atoms with Crippen LogP contribution in [0.1, 0.15) is 21.5 Å². The van der Waals surface area contributed by atoms with Gasteiger partial charge < -0.3 is 25.0 Å². The molecule has 156 valence electrons. The van der Waals surface area contributed by atoms with E-state index in [-0.39, 0.29) is 5.91 Å².